The molecule has 4 heterocycles. The number of hydrogen-bond acceptors (Lipinski definition) is 9. The lowest BCUT2D eigenvalue weighted by molar-refractivity contribution is -0.143. The van der Waals surface area contributed by atoms with Gasteiger partial charge in [0.15, 0.2) is 12.2 Å². The molecule has 1 spiro atoms. The molecule has 2 saturated heterocycles. The third kappa shape index (κ3) is 4.71. The highest BCUT2D eigenvalue weighted by Crippen LogP contribution is 2.31. The second-order valence-electron chi connectivity index (χ2n) is 9.22. The Morgan fingerprint density at radius 3 is 2.80 bits per heavy atom. The number of methoxy groups -OCH3 is 1. The van der Waals surface area contributed by atoms with E-state index in [-0.39, 0.29) is 5.91 Å². The molecular weight excluding hydrogens is 446 g/mol. The zero-order chi connectivity index (χ0) is 24.4. The summed E-state index contributed by atoms with van der Waals surface area (Å²) in [4.78, 5) is 31.0. The third-order valence-electron chi connectivity index (χ3n) is 6.79. The highest BCUT2D eigenvalue weighted by atomic mass is 16.5. The van der Waals surface area contributed by atoms with Gasteiger partial charge in [0.1, 0.15) is 17.1 Å². The smallest absolute Gasteiger partial charge is 0.243 e. The molecule has 10 nitrogen and oxygen atoms in total. The third-order valence-corrected chi connectivity index (χ3v) is 6.79. The zero-order valence-corrected chi connectivity index (χ0v) is 20.2. The van der Waals surface area contributed by atoms with Crippen LogP contribution in [0.2, 0.25) is 0 Å². The first-order chi connectivity index (χ1) is 17.0. The molecule has 5 rings (SSSR count). The SMILES string of the molecule is COCc1cccc(-c2ocnc2CN2CCNC3(CCN(c4nc(C)cc(N)n4)CC3)C2=O)c1. The van der Waals surface area contributed by atoms with Crippen molar-refractivity contribution in [2.75, 3.05) is 43.9 Å². The molecule has 3 aromatic rings. The molecule has 1 amide bonds. The Balaban J connectivity index is 1.29. The molecule has 0 radical (unpaired) electrons. The molecule has 184 valence electrons. The summed E-state index contributed by atoms with van der Waals surface area (Å²) in [6.07, 6.45) is 2.79. The number of carbonyl (C=O) groups is 1. The van der Waals surface area contributed by atoms with Crippen molar-refractivity contribution in [1.29, 1.82) is 0 Å². The minimum absolute atomic E-state index is 0.107. The molecule has 3 N–H and O–H groups in total. The predicted octanol–water partition coefficient (Wildman–Crippen LogP) is 2.14. The molecule has 0 saturated carbocycles. The summed E-state index contributed by atoms with van der Waals surface area (Å²) in [5.74, 6) is 1.88. The van der Waals surface area contributed by atoms with Gasteiger partial charge >= 0.3 is 0 Å². The van der Waals surface area contributed by atoms with Gasteiger partial charge in [0.25, 0.3) is 0 Å². The van der Waals surface area contributed by atoms with Gasteiger partial charge < -0.3 is 30.0 Å². The Labute approximate surface area is 204 Å². The van der Waals surface area contributed by atoms with E-state index >= 15 is 0 Å². The Morgan fingerprint density at radius 1 is 1.20 bits per heavy atom. The van der Waals surface area contributed by atoms with Crippen LogP contribution in [0.25, 0.3) is 11.3 Å². The Morgan fingerprint density at radius 2 is 2.03 bits per heavy atom. The van der Waals surface area contributed by atoms with Gasteiger partial charge in [-0.25, -0.2) is 9.97 Å². The van der Waals surface area contributed by atoms with Crippen molar-refractivity contribution in [3.8, 4) is 11.3 Å². The van der Waals surface area contributed by atoms with Gasteiger partial charge in [-0.1, -0.05) is 18.2 Å². The summed E-state index contributed by atoms with van der Waals surface area (Å²) in [5.41, 5.74) is 8.89. The van der Waals surface area contributed by atoms with Crippen molar-refractivity contribution >= 4 is 17.7 Å². The van der Waals surface area contributed by atoms with Crippen LogP contribution < -0.4 is 16.0 Å². The van der Waals surface area contributed by atoms with Crippen LogP contribution >= 0.6 is 0 Å². The molecule has 2 aliphatic heterocycles. The summed E-state index contributed by atoms with van der Waals surface area (Å²) in [6, 6.07) is 9.75. The van der Waals surface area contributed by atoms with Crippen LogP contribution in [0.5, 0.6) is 0 Å². The van der Waals surface area contributed by atoms with E-state index in [4.69, 9.17) is 14.9 Å². The molecule has 35 heavy (non-hydrogen) atoms. The number of piperidine rings is 1. The number of benzene rings is 1. The number of hydrogen-bond donors (Lipinski definition) is 2. The summed E-state index contributed by atoms with van der Waals surface area (Å²) in [5, 5.41) is 3.52. The number of oxazole rings is 1. The van der Waals surface area contributed by atoms with Crippen molar-refractivity contribution in [2.45, 2.75) is 38.5 Å². The highest BCUT2D eigenvalue weighted by Gasteiger charge is 2.46. The van der Waals surface area contributed by atoms with Gasteiger partial charge in [0.05, 0.1) is 13.2 Å². The average Bonchev–Trinajstić information content (AvgIpc) is 3.31. The van der Waals surface area contributed by atoms with Crippen LogP contribution in [0, 0.1) is 6.92 Å². The van der Waals surface area contributed by atoms with Gasteiger partial charge in [-0.05, 0) is 31.4 Å². The molecule has 0 atom stereocenters. The van der Waals surface area contributed by atoms with Gasteiger partial charge in [0.2, 0.25) is 11.9 Å². The molecule has 0 unspecified atom stereocenters. The van der Waals surface area contributed by atoms with Crippen LogP contribution in [0.3, 0.4) is 0 Å². The van der Waals surface area contributed by atoms with Crippen molar-refractivity contribution < 1.29 is 13.9 Å². The Kier molecular flexibility index (Phi) is 6.40. The second kappa shape index (κ2) is 9.63. The standard InChI is InChI=1S/C25H31N7O3/c1-17-12-21(26)30-24(29-17)31-9-6-25(7-10-31)23(33)32(11-8-28-25)14-20-22(35-16-27-20)19-5-3-4-18(13-19)15-34-2/h3-5,12-13,16,28H,6-11,14-15H2,1-2H3,(H2,26,29,30). The van der Waals surface area contributed by atoms with Gasteiger partial charge in [-0.15, -0.1) is 0 Å². The number of piperazine rings is 1. The van der Waals surface area contributed by atoms with Crippen LogP contribution in [0.4, 0.5) is 11.8 Å². The predicted molar refractivity (Wildman–Crippen MR) is 131 cm³/mol. The zero-order valence-electron chi connectivity index (χ0n) is 20.2. The largest absolute Gasteiger partial charge is 0.443 e. The molecule has 0 aliphatic carbocycles. The molecule has 2 aliphatic rings. The number of nitrogens with one attached hydrogen (secondary N) is 1. The lowest BCUT2D eigenvalue weighted by atomic mass is 9.84. The maximum Gasteiger partial charge on any atom is 0.243 e. The Hall–Kier alpha value is -3.50. The average molecular weight is 478 g/mol. The van der Waals surface area contributed by atoms with Gasteiger partial charge in [0, 0.05) is 50.6 Å². The van der Waals surface area contributed by atoms with Crippen molar-refractivity contribution in [1.82, 2.24) is 25.2 Å². The maximum absolute atomic E-state index is 13.7. The quantitative estimate of drug-likeness (QED) is 0.550. The van der Waals surface area contributed by atoms with Crippen LogP contribution in [-0.4, -0.2) is 64.6 Å². The lowest BCUT2D eigenvalue weighted by Crippen LogP contribution is -2.67. The number of nitrogens with zero attached hydrogens (tertiary/aromatic N) is 5. The normalized spacial score (nSPS) is 17.8. The molecular formula is C25H31N7O3. The fourth-order valence-electron chi connectivity index (χ4n) is 5.02. The number of amides is 1. The summed E-state index contributed by atoms with van der Waals surface area (Å²) < 4.78 is 11.0. The van der Waals surface area contributed by atoms with Crippen LogP contribution in [-0.2, 0) is 22.7 Å². The number of rotatable bonds is 6. The number of nitrogen functional groups attached to an aromatic ring is 1. The number of anilines is 2. The van der Waals surface area contributed by atoms with E-state index in [0.29, 0.717) is 63.2 Å². The second-order valence-corrected chi connectivity index (χ2v) is 9.22. The highest BCUT2D eigenvalue weighted by molar-refractivity contribution is 5.87. The number of ether oxygens (including phenoxy) is 1. The number of aromatic nitrogens is 3. The van der Waals surface area contributed by atoms with Crippen LogP contribution in [0.1, 0.15) is 29.8 Å². The van der Waals surface area contributed by atoms with E-state index < -0.39 is 5.54 Å². The first kappa shape index (κ1) is 23.3. The number of nitrogens with two attached hydrogens (primary N) is 1. The molecule has 2 fully saturated rings. The first-order valence-corrected chi connectivity index (χ1v) is 11.9. The fraction of sp³-hybridized carbons (Fsp3) is 0.440. The fourth-order valence-corrected chi connectivity index (χ4v) is 5.02. The molecule has 2 aromatic heterocycles. The topological polar surface area (TPSA) is 123 Å². The lowest BCUT2D eigenvalue weighted by Gasteiger charge is -2.46. The molecule has 0 bridgehead atoms. The van der Waals surface area contributed by atoms with E-state index in [2.05, 4.69) is 25.2 Å². The van der Waals surface area contributed by atoms with E-state index in [1.807, 2.05) is 36.1 Å². The Bertz CT molecular complexity index is 1180. The van der Waals surface area contributed by atoms with E-state index in [0.717, 1.165) is 29.1 Å². The van der Waals surface area contributed by atoms with E-state index in [9.17, 15) is 4.79 Å². The first-order valence-electron chi connectivity index (χ1n) is 11.9. The monoisotopic (exact) mass is 477 g/mol. The molecule has 1 aromatic carbocycles. The maximum atomic E-state index is 13.7. The van der Waals surface area contributed by atoms with Crippen LogP contribution in [0.15, 0.2) is 41.1 Å². The van der Waals surface area contributed by atoms with Crippen molar-refractivity contribution in [3.63, 3.8) is 0 Å². The van der Waals surface area contributed by atoms with E-state index in [1.165, 1.54) is 6.39 Å². The number of carbonyl (C=O) groups excluding carboxylic acids is 1. The van der Waals surface area contributed by atoms with Gasteiger partial charge in [-0.2, -0.15) is 4.98 Å². The summed E-state index contributed by atoms with van der Waals surface area (Å²) in [6.45, 7) is 5.54. The van der Waals surface area contributed by atoms with Gasteiger partial charge in [-0.3, -0.25) is 4.79 Å². The van der Waals surface area contributed by atoms with Crippen molar-refractivity contribution in [2.24, 2.45) is 0 Å². The summed E-state index contributed by atoms with van der Waals surface area (Å²) in [7, 11) is 1.67. The van der Waals surface area contributed by atoms with Crippen molar-refractivity contribution in [3.05, 3.63) is 53.7 Å². The van der Waals surface area contributed by atoms with E-state index in [1.54, 1.807) is 13.2 Å². The minimum atomic E-state index is -0.591. The number of aryl methyl sites for hydroxylation is 1. The molecule has 10 heteroatoms. The summed E-state index contributed by atoms with van der Waals surface area (Å²) >= 11 is 0. The minimum Gasteiger partial charge on any atom is -0.443 e.